The van der Waals surface area contributed by atoms with Crippen LogP contribution in [-0.2, 0) is 28.9 Å². The molecule has 39 heavy (non-hydrogen) atoms. The molecule has 0 saturated carbocycles. The van der Waals surface area contributed by atoms with Gasteiger partial charge in [0, 0.05) is 6.42 Å². The Bertz CT molecular complexity index is 1240. The number of carbonyl (C=O) groups excluding carboxylic acids is 1. The van der Waals surface area contributed by atoms with Crippen molar-refractivity contribution in [3.63, 3.8) is 0 Å². The molecule has 0 bridgehead atoms. The van der Waals surface area contributed by atoms with Crippen molar-refractivity contribution in [1.82, 2.24) is 5.32 Å². The maximum Gasteiger partial charge on any atom is 0.326 e. The summed E-state index contributed by atoms with van der Waals surface area (Å²) in [5.74, 6) is -1.16. The lowest BCUT2D eigenvalue weighted by atomic mass is 9.84. The monoisotopic (exact) mass is 526 g/mol. The standard InChI is InChI=1S/C34H42N2O3/c35-21-10-9-19-32(34(38)39)36-33(37)20-6-1-3-12-25-13-11-18-29(22-25)31-24-28-17-8-7-16-27(28)23-30(31)26-14-4-2-5-15-26/h2,4-5,11,13-15,18,22-24,32H,1,3,6-10,12,16-17,19-21,35H2,(H,36,37)(H,38,39)/t32-/m0/s1. The number of carboxylic acid groups (broad SMARTS) is 1. The number of nitrogens with two attached hydrogens (primary N) is 1. The van der Waals surface area contributed by atoms with Gasteiger partial charge in [0.2, 0.25) is 5.91 Å². The van der Waals surface area contributed by atoms with E-state index in [4.69, 9.17) is 5.73 Å². The van der Waals surface area contributed by atoms with Gasteiger partial charge in [-0.1, -0.05) is 73.2 Å². The third-order valence-electron chi connectivity index (χ3n) is 7.75. The topological polar surface area (TPSA) is 92.4 Å². The molecule has 0 saturated heterocycles. The lowest BCUT2D eigenvalue weighted by Gasteiger charge is -2.21. The van der Waals surface area contributed by atoms with Crippen LogP contribution in [0.5, 0.6) is 0 Å². The van der Waals surface area contributed by atoms with Crippen molar-refractivity contribution in [3.05, 3.63) is 83.4 Å². The molecule has 0 spiro atoms. The second kappa shape index (κ2) is 14.6. The molecule has 206 valence electrons. The Morgan fingerprint density at radius 1 is 0.795 bits per heavy atom. The van der Waals surface area contributed by atoms with Crippen molar-refractivity contribution in [3.8, 4) is 22.3 Å². The maximum atomic E-state index is 12.3. The SMILES string of the molecule is NCCCC[C@H](NC(=O)CCCCCc1cccc(-c2cc3c(cc2-c2ccccc2)CCCC3)c1)C(=O)O. The van der Waals surface area contributed by atoms with Crippen LogP contribution in [0.1, 0.15) is 74.5 Å². The van der Waals surface area contributed by atoms with E-state index in [0.29, 0.717) is 25.8 Å². The van der Waals surface area contributed by atoms with E-state index in [2.05, 4.69) is 72.0 Å². The first kappa shape index (κ1) is 28.6. The third-order valence-corrected chi connectivity index (χ3v) is 7.75. The van der Waals surface area contributed by atoms with E-state index in [1.165, 1.54) is 58.2 Å². The van der Waals surface area contributed by atoms with Crippen molar-refractivity contribution >= 4 is 11.9 Å². The lowest BCUT2D eigenvalue weighted by Crippen LogP contribution is -2.40. The molecule has 4 rings (SSSR count). The summed E-state index contributed by atoms with van der Waals surface area (Å²) >= 11 is 0. The highest BCUT2D eigenvalue weighted by atomic mass is 16.4. The van der Waals surface area contributed by atoms with Crippen LogP contribution in [-0.4, -0.2) is 29.6 Å². The average molecular weight is 527 g/mol. The molecule has 0 radical (unpaired) electrons. The first-order valence-corrected chi connectivity index (χ1v) is 14.6. The number of aliphatic carboxylic acids is 1. The fourth-order valence-electron chi connectivity index (χ4n) is 5.58. The van der Waals surface area contributed by atoms with Crippen molar-refractivity contribution in [2.24, 2.45) is 5.73 Å². The van der Waals surface area contributed by atoms with E-state index < -0.39 is 12.0 Å². The van der Waals surface area contributed by atoms with Gasteiger partial charge in [-0.05, 0) is 110 Å². The Hall–Kier alpha value is -3.44. The van der Waals surface area contributed by atoms with Gasteiger partial charge in [-0.3, -0.25) is 4.79 Å². The highest BCUT2D eigenvalue weighted by molar-refractivity contribution is 5.85. The molecule has 5 nitrogen and oxygen atoms in total. The number of rotatable bonds is 14. The molecular formula is C34H42N2O3. The molecule has 4 N–H and O–H groups in total. The summed E-state index contributed by atoms with van der Waals surface area (Å²) in [6.07, 6.45) is 10.7. The number of carbonyl (C=O) groups is 2. The Labute approximate surface area is 232 Å². The quantitative estimate of drug-likeness (QED) is 0.204. The third kappa shape index (κ3) is 8.27. The number of nitrogens with one attached hydrogen (secondary N) is 1. The van der Waals surface area contributed by atoms with Crippen LogP contribution in [0.2, 0.25) is 0 Å². The van der Waals surface area contributed by atoms with Crippen LogP contribution < -0.4 is 11.1 Å². The minimum atomic E-state index is -0.977. The van der Waals surface area contributed by atoms with Crippen molar-refractivity contribution < 1.29 is 14.7 Å². The minimum absolute atomic E-state index is 0.182. The molecule has 3 aromatic carbocycles. The predicted octanol–water partition coefficient (Wildman–Crippen LogP) is 6.70. The lowest BCUT2D eigenvalue weighted by molar-refractivity contribution is -0.142. The molecule has 0 aliphatic heterocycles. The molecule has 3 aromatic rings. The summed E-state index contributed by atoms with van der Waals surface area (Å²) in [6.45, 7) is 0.532. The van der Waals surface area contributed by atoms with Crippen molar-refractivity contribution in [2.75, 3.05) is 6.54 Å². The van der Waals surface area contributed by atoms with Gasteiger partial charge >= 0.3 is 5.97 Å². The van der Waals surface area contributed by atoms with E-state index in [1.54, 1.807) is 0 Å². The fourth-order valence-corrected chi connectivity index (χ4v) is 5.58. The van der Waals surface area contributed by atoms with Crippen molar-refractivity contribution in [2.45, 2.75) is 83.1 Å². The summed E-state index contributed by atoms with van der Waals surface area (Å²) in [6, 6.07) is 23.6. The summed E-state index contributed by atoms with van der Waals surface area (Å²) < 4.78 is 0. The number of benzene rings is 3. The molecule has 1 amide bonds. The number of hydrogen-bond donors (Lipinski definition) is 3. The van der Waals surface area contributed by atoms with Gasteiger partial charge < -0.3 is 16.2 Å². The van der Waals surface area contributed by atoms with Crippen LogP contribution in [0, 0.1) is 0 Å². The Morgan fingerprint density at radius 3 is 2.18 bits per heavy atom. The zero-order valence-electron chi connectivity index (χ0n) is 23.0. The van der Waals surface area contributed by atoms with Gasteiger partial charge in [0.1, 0.15) is 6.04 Å². The number of carboxylic acids is 1. The van der Waals surface area contributed by atoms with Crippen LogP contribution in [0.15, 0.2) is 66.7 Å². The predicted molar refractivity (Wildman–Crippen MR) is 159 cm³/mol. The number of amides is 1. The smallest absolute Gasteiger partial charge is 0.326 e. The van der Waals surface area contributed by atoms with E-state index in [-0.39, 0.29) is 5.91 Å². The van der Waals surface area contributed by atoms with Crippen LogP contribution >= 0.6 is 0 Å². The molecule has 1 aliphatic carbocycles. The second-order valence-electron chi connectivity index (χ2n) is 10.7. The van der Waals surface area contributed by atoms with Gasteiger partial charge in [-0.25, -0.2) is 4.79 Å². The highest BCUT2D eigenvalue weighted by Gasteiger charge is 2.19. The Morgan fingerprint density at radius 2 is 1.49 bits per heavy atom. The molecule has 1 aliphatic rings. The normalized spacial score (nSPS) is 13.5. The van der Waals surface area contributed by atoms with E-state index in [1.807, 2.05) is 0 Å². The molecular weight excluding hydrogens is 484 g/mol. The molecule has 0 heterocycles. The summed E-state index contributed by atoms with van der Waals surface area (Å²) in [7, 11) is 0. The van der Waals surface area contributed by atoms with Gasteiger partial charge in [0.25, 0.3) is 0 Å². The van der Waals surface area contributed by atoms with Crippen LogP contribution in [0.4, 0.5) is 0 Å². The summed E-state index contributed by atoms with van der Waals surface area (Å²) in [5.41, 5.74) is 14.9. The fraction of sp³-hybridized carbons (Fsp3) is 0.412. The second-order valence-corrected chi connectivity index (χ2v) is 10.7. The summed E-state index contributed by atoms with van der Waals surface area (Å²) in [4.78, 5) is 23.7. The number of hydrogen-bond acceptors (Lipinski definition) is 3. The Balaban J connectivity index is 1.35. The van der Waals surface area contributed by atoms with Crippen molar-refractivity contribution in [1.29, 1.82) is 0 Å². The first-order valence-electron chi connectivity index (χ1n) is 14.6. The van der Waals surface area contributed by atoms with E-state index in [0.717, 1.165) is 38.5 Å². The van der Waals surface area contributed by atoms with Crippen LogP contribution in [0.3, 0.4) is 0 Å². The number of aryl methyl sites for hydroxylation is 3. The van der Waals surface area contributed by atoms with E-state index in [9.17, 15) is 14.7 Å². The minimum Gasteiger partial charge on any atom is -0.480 e. The Kier molecular flexibility index (Phi) is 10.7. The maximum absolute atomic E-state index is 12.3. The molecule has 5 heteroatoms. The van der Waals surface area contributed by atoms with E-state index >= 15 is 0 Å². The van der Waals surface area contributed by atoms with Crippen LogP contribution in [0.25, 0.3) is 22.3 Å². The summed E-state index contributed by atoms with van der Waals surface area (Å²) in [5, 5.41) is 12.0. The number of unbranched alkanes of at least 4 members (excludes halogenated alkanes) is 3. The van der Waals surface area contributed by atoms with Gasteiger partial charge in [0.15, 0.2) is 0 Å². The highest BCUT2D eigenvalue weighted by Crippen LogP contribution is 2.37. The van der Waals surface area contributed by atoms with Gasteiger partial charge in [-0.2, -0.15) is 0 Å². The zero-order valence-corrected chi connectivity index (χ0v) is 23.0. The molecule has 0 fully saturated rings. The first-order chi connectivity index (χ1) is 19.0. The van der Waals surface area contributed by atoms with Gasteiger partial charge in [0.05, 0.1) is 0 Å². The zero-order chi connectivity index (χ0) is 27.5. The molecule has 0 aromatic heterocycles. The number of fused-ring (bicyclic) bond motifs is 1. The molecule has 1 atom stereocenters. The average Bonchev–Trinajstić information content (AvgIpc) is 2.96. The van der Waals surface area contributed by atoms with Gasteiger partial charge in [-0.15, -0.1) is 0 Å². The largest absolute Gasteiger partial charge is 0.480 e. The molecule has 0 unspecified atom stereocenters.